The summed E-state index contributed by atoms with van der Waals surface area (Å²) >= 11 is 8.21. The fourth-order valence-electron chi connectivity index (χ4n) is 2.87. The normalized spacial score (nSPS) is 23.1. The minimum absolute atomic E-state index is 0.609. The van der Waals surface area contributed by atoms with E-state index >= 15 is 0 Å². The Labute approximate surface area is 131 Å². The number of aromatic amines is 1. The molecule has 1 aromatic rings. The lowest BCUT2D eigenvalue weighted by Crippen LogP contribution is -2.40. The van der Waals surface area contributed by atoms with Crippen LogP contribution in [0.2, 0.25) is 5.15 Å². The van der Waals surface area contributed by atoms with Crippen LogP contribution in [0.3, 0.4) is 0 Å². The molecule has 3 nitrogen and oxygen atoms in total. The van der Waals surface area contributed by atoms with Crippen molar-refractivity contribution in [1.82, 2.24) is 15.3 Å². The van der Waals surface area contributed by atoms with E-state index in [1.165, 1.54) is 32.1 Å². The number of aryl methyl sites for hydroxylation is 1. The van der Waals surface area contributed by atoms with Crippen molar-refractivity contribution in [3.63, 3.8) is 0 Å². The maximum absolute atomic E-state index is 6.22. The lowest BCUT2D eigenvalue weighted by atomic mass is 9.95. The monoisotopic (exact) mass is 315 g/mol. The maximum Gasteiger partial charge on any atom is 0.151 e. The topological polar surface area (TPSA) is 40.7 Å². The zero-order valence-electron chi connectivity index (χ0n) is 12.5. The SMILES string of the molecule is CCCCc1nc(Cl)c(CNC2CCCCC2SC)[nH]1. The minimum Gasteiger partial charge on any atom is -0.344 e. The lowest BCUT2D eigenvalue weighted by Gasteiger charge is -2.31. The van der Waals surface area contributed by atoms with E-state index in [2.05, 4.69) is 28.5 Å². The van der Waals surface area contributed by atoms with Crippen LogP contribution in [0.1, 0.15) is 57.0 Å². The molecular formula is C15H26ClN3S. The van der Waals surface area contributed by atoms with E-state index < -0.39 is 0 Å². The van der Waals surface area contributed by atoms with Crippen molar-refractivity contribution in [3.05, 3.63) is 16.7 Å². The Hall–Kier alpha value is -0.190. The molecule has 0 aliphatic heterocycles. The molecule has 0 spiro atoms. The van der Waals surface area contributed by atoms with Crippen molar-refractivity contribution in [1.29, 1.82) is 0 Å². The molecule has 1 saturated carbocycles. The number of nitrogens with one attached hydrogen (secondary N) is 2. The Bertz CT molecular complexity index is 408. The van der Waals surface area contributed by atoms with Gasteiger partial charge in [0.25, 0.3) is 0 Å². The number of hydrogen-bond acceptors (Lipinski definition) is 3. The van der Waals surface area contributed by atoms with Gasteiger partial charge >= 0.3 is 0 Å². The summed E-state index contributed by atoms with van der Waals surface area (Å²) in [5.41, 5.74) is 1.04. The number of halogens is 1. The van der Waals surface area contributed by atoms with Gasteiger partial charge in [0.15, 0.2) is 5.15 Å². The Morgan fingerprint density at radius 2 is 2.20 bits per heavy atom. The summed E-state index contributed by atoms with van der Waals surface area (Å²) in [6, 6.07) is 0.609. The summed E-state index contributed by atoms with van der Waals surface area (Å²) in [4.78, 5) is 7.79. The standard InChI is InChI=1S/C15H26ClN3S/c1-3-4-9-14-18-12(15(16)19-14)10-17-11-7-5-6-8-13(11)20-2/h11,13,17H,3-10H2,1-2H3,(H,18,19). The van der Waals surface area contributed by atoms with Gasteiger partial charge in [-0.3, -0.25) is 0 Å². The number of hydrogen-bond donors (Lipinski definition) is 2. The fourth-order valence-corrected chi connectivity index (χ4v) is 4.04. The molecule has 0 amide bonds. The molecule has 2 rings (SSSR count). The fraction of sp³-hybridized carbons (Fsp3) is 0.800. The van der Waals surface area contributed by atoms with Crippen molar-refractivity contribution < 1.29 is 0 Å². The van der Waals surface area contributed by atoms with Gasteiger partial charge < -0.3 is 10.3 Å². The summed E-state index contributed by atoms with van der Waals surface area (Å²) in [6.07, 6.45) is 10.9. The van der Waals surface area contributed by atoms with Gasteiger partial charge in [-0.1, -0.05) is 37.8 Å². The second-order valence-electron chi connectivity index (χ2n) is 5.60. The first-order valence-electron chi connectivity index (χ1n) is 7.74. The van der Waals surface area contributed by atoms with Crippen LogP contribution in [0.5, 0.6) is 0 Å². The number of rotatable bonds is 7. The predicted molar refractivity (Wildman–Crippen MR) is 88.6 cm³/mol. The summed E-state index contributed by atoms with van der Waals surface area (Å²) in [6.45, 7) is 3.00. The van der Waals surface area contributed by atoms with Gasteiger partial charge in [0.05, 0.1) is 5.69 Å². The van der Waals surface area contributed by atoms with Gasteiger partial charge in [0, 0.05) is 24.3 Å². The molecule has 2 N–H and O–H groups in total. The van der Waals surface area contributed by atoms with Gasteiger partial charge in [0.2, 0.25) is 0 Å². The summed E-state index contributed by atoms with van der Waals surface area (Å²) in [5, 5.41) is 5.05. The summed E-state index contributed by atoms with van der Waals surface area (Å²) in [7, 11) is 0. The molecule has 5 heteroatoms. The van der Waals surface area contributed by atoms with E-state index in [1.807, 2.05) is 11.8 Å². The first-order chi connectivity index (χ1) is 9.74. The quantitative estimate of drug-likeness (QED) is 0.793. The van der Waals surface area contributed by atoms with E-state index in [0.29, 0.717) is 11.2 Å². The van der Waals surface area contributed by atoms with E-state index in [4.69, 9.17) is 11.6 Å². The molecular weight excluding hydrogens is 290 g/mol. The number of H-pyrrole nitrogens is 1. The molecule has 1 aromatic heterocycles. The highest BCUT2D eigenvalue weighted by Crippen LogP contribution is 2.27. The molecule has 0 aromatic carbocycles. The molecule has 114 valence electrons. The second-order valence-corrected chi connectivity index (χ2v) is 7.04. The average molecular weight is 316 g/mol. The Morgan fingerprint density at radius 3 is 2.95 bits per heavy atom. The second kappa shape index (κ2) is 8.30. The van der Waals surface area contributed by atoms with Crippen molar-refractivity contribution in [2.45, 2.75) is 69.7 Å². The third-order valence-corrected chi connectivity index (χ3v) is 5.57. The average Bonchev–Trinajstić information content (AvgIpc) is 2.83. The van der Waals surface area contributed by atoms with Crippen molar-refractivity contribution in [3.8, 4) is 0 Å². The first-order valence-corrected chi connectivity index (χ1v) is 9.40. The molecule has 1 heterocycles. The van der Waals surface area contributed by atoms with Gasteiger partial charge in [-0.15, -0.1) is 0 Å². The van der Waals surface area contributed by atoms with Crippen LogP contribution in [0.15, 0.2) is 0 Å². The highest BCUT2D eigenvalue weighted by molar-refractivity contribution is 7.99. The van der Waals surface area contributed by atoms with Crippen LogP contribution < -0.4 is 5.32 Å². The van der Waals surface area contributed by atoms with Gasteiger partial charge in [-0.05, 0) is 25.5 Å². The van der Waals surface area contributed by atoms with Crippen LogP contribution >= 0.6 is 23.4 Å². The molecule has 0 saturated heterocycles. The molecule has 2 unspecified atom stereocenters. The summed E-state index contributed by atoms with van der Waals surface area (Å²) < 4.78 is 0. The largest absolute Gasteiger partial charge is 0.344 e. The van der Waals surface area contributed by atoms with Crippen LogP contribution in [-0.4, -0.2) is 27.5 Å². The Balaban J connectivity index is 1.87. The smallest absolute Gasteiger partial charge is 0.151 e. The summed E-state index contributed by atoms with van der Waals surface area (Å²) in [5.74, 6) is 1.03. The van der Waals surface area contributed by atoms with E-state index in [9.17, 15) is 0 Å². The third kappa shape index (κ3) is 4.40. The Kier molecular flexibility index (Phi) is 6.72. The van der Waals surface area contributed by atoms with Crippen LogP contribution in [0.4, 0.5) is 0 Å². The van der Waals surface area contributed by atoms with E-state index in [0.717, 1.165) is 36.2 Å². The highest BCUT2D eigenvalue weighted by Gasteiger charge is 2.24. The van der Waals surface area contributed by atoms with Crippen molar-refractivity contribution in [2.24, 2.45) is 0 Å². The molecule has 20 heavy (non-hydrogen) atoms. The zero-order valence-corrected chi connectivity index (χ0v) is 14.1. The molecule has 0 radical (unpaired) electrons. The molecule has 0 bridgehead atoms. The van der Waals surface area contributed by atoms with Crippen molar-refractivity contribution in [2.75, 3.05) is 6.26 Å². The van der Waals surface area contributed by atoms with Crippen LogP contribution in [-0.2, 0) is 13.0 Å². The first kappa shape index (κ1) is 16.2. The Morgan fingerprint density at radius 1 is 1.40 bits per heavy atom. The van der Waals surface area contributed by atoms with E-state index in [-0.39, 0.29) is 0 Å². The molecule has 1 fully saturated rings. The van der Waals surface area contributed by atoms with Gasteiger partial charge in [-0.25, -0.2) is 4.98 Å². The van der Waals surface area contributed by atoms with Crippen LogP contribution in [0, 0.1) is 0 Å². The lowest BCUT2D eigenvalue weighted by molar-refractivity contribution is 0.382. The maximum atomic E-state index is 6.22. The van der Waals surface area contributed by atoms with Gasteiger partial charge in [0.1, 0.15) is 5.82 Å². The van der Waals surface area contributed by atoms with E-state index in [1.54, 1.807) is 0 Å². The molecule has 1 aliphatic carbocycles. The number of aromatic nitrogens is 2. The van der Waals surface area contributed by atoms with Crippen LogP contribution in [0.25, 0.3) is 0 Å². The number of unbranched alkanes of at least 4 members (excludes halogenated alkanes) is 1. The number of imidazole rings is 1. The highest BCUT2D eigenvalue weighted by atomic mass is 35.5. The molecule has 1 aliphatic rings. The number of nitrogens with zero attached hydrogens (tertiary/aromatic N) is 1. The number of thioether (sulfide) groups is 1. The predicted octanol–water partition coefficient (Wildman–Crippen LogP) is 4.17. The van der Waals surface area contributed by atoms with Gasteiger partial charge in [-0.2, -0.15) is 11.8 Å². The van der Waals surface area contributed by atoms with Crippen molar-refractivity contribution >= 4 is 23.4 Å². The minimum atomic E-state index is 0.609. The molecule has 2 atom stereocenters. The zero-order chi connectivity index (χ0) is 14.4. The third-order valence-electron chi connectivity index (χ3n) is 4.09.